The second-order valence-corrected chi connectivity index (χ2v) is 5.37. The maximum absolute atomic E-state index is 9.03. The minimum absolute atomic E-state index is 0.0858. The minimum atomic E-state index is 0.0858. The summed E-state index contributed by atoms with van der Waals surface area (Å²) >= 11 is 1.58. The number of hydrogen-bond acceptors (Lipinski definition) is 4. The van der Waals surface area contributed by atoms with Gasteiger partial charge in [-0.2, -0.15) is 0 Å². The van der Waals surface area contributed by atoms with Gasteiger partial charge in [0.1, 0.15) is 5.01 Å². The number of aliphatic hydroxyl groups excluding tert-OH is 1. The van der Waals surface area contributed by atoms with Gasteiger partial charge in [-0.3, -0.25) is 4.90 Å². The van der Waals surface area contributed by atoms with Gasteiger partial charge in [-0.05, 0) is 12.1 Å². The Balaban J connectivity index is 1.97. The molecule has 0 radical (unpaired) electrons. The van der Waals surface area contributed by atoms with Crippen LogP contribution in [0.2, 0.25) is 0 Å². The molecule has 0 bridgehead atoms. The van der Waals surface area contributed by atoms with Crippen molar-refractivity contribution < 1.29 is 5.11 Å². The van der Waals surface area contributed by atoms with E-state index in [1.165, 1.54) is 5.56 Å². The van der Waals surface area contributed by atoms with Crippen LogP contribution in [0.5, 0.6) is 0 Å². The van der Waals surface area contributed by atoms with E-state index in [4.69, 9.17) is 5.11 Å². The monoisotopic (exact) mass is 262 g/mol. The van der Waals surface area contributed by atoms with Crippen LogP contribution >= 0.6 is 11.3 Å². The molecule has 0 atom stereocenters. The van der Waals surface area contributed by atoms with Gasteiger partial charge in [0.2, 0.25) is 0 Å². The molecule has 1 aromatic heterocycles. The summed E-state index contributed by atoms with van der Waals surface area (Å²) in [7, 11) is 0. The zero-order valence-corrected chi connectivity index (χ0v) is 11.4. The average Bonchev–Trinajstić information content (AvgIpc) is 2.87. The third-order valence-corrected chi connectivity index (χ3v) is 3.78. The highest BCUT2D eigenvalue weighted by Gasteiger charge is 2.08. The summed E-state index contributed by atoms with van der Waals surface area (Å²) in [6, 6.07) is 10.5. The smallest absolute Gasteiger partial charge is 0.107 e. The van der Waals surface area contributed by atoms with E-state index < -0.39 is 0 Å². The summed E-state index contributed by atoms with van der Waals surface area (Å²) in [6.07, 6.45) is 1.76. The number of nitrogens with zero attached hydrogens (tertiary/aromatic N) is 2. The Labute approximate surface area is 112 Å². The van der Waals surface area contributed by atoms with Crippen LogP contribution in [-0.2, 0) is 19.7 Å². The van der Waals surface area contributed by atoms with Gasteiger partial charge in [0.15, 0.2) is 0 Å². The summed E-state index contributed by atoms with van der Waals surface area (Å²) in [4.78, 5) is 7.61. The first-order chi connectivity index (χ1) is 8.81. The molecular weight excluding hydrogens is 244 g/mol. The van der Waals surface area contributed by atoms with Crippen LogP contribution in [-0.4, -0.2) is 21.5 Å². The zero-order valence-electron chi connectivity index (χ0n) is 10.5. The van der Waals surface area contributed by atoms with Gasteiger partial charge in [-0.15, -0.1) is 11.3 Å². The van der Waals surface area contributed by atoms with E-state index >= 15 is 0 Å². The molecule has 0 spiro atoms. The van der Waals surface area contributed by atoms with Crippen LogP contribution < -0.4 is 0 Å². The summed E-state index contributed by atoms with van der Waals surface area (Å²) < 4.78 is 0. The van der Waals surface area contributed by atoms with E-state index in [0.717, 1.165) is 29.5 Å². The Morgan fingerprint density at radius 3 is 2.61 bits per heavy atom. The van der Waals surface area contributed by atoms with Crippen molar-refractivity contribution in [2.75, 3.05) is 6.54 Å². The molecule has 0 aliphatic heterocycles. The SMILES string of the molecule is CCN(Cc1ccccc1)Cc1ncc(CO)s1. The highest BCUT2D eigenvalue weighted by atomic mass is 32.1. The van der Waals surface area contributed by atoms with Crippen LogP contribution in [0.4, 0.5) is 0 Å². The molecule has 0 aliphatic carbocycles. The second-order valence-electron chi connectivity index (χ2n) is 4.17. The lowest BCUT2D eigenvalue weighted by Crippen LogP contribution is -2.22. The van der Waals surface area contributed by atoms with E-state index in [9.17, 15) is 0 Å². The van der Waals surface area contributed by atoms with Crippen molar-refractivity contribution in [3.05, 3.63) is 52.0 Å². The van der Waals surface area contributed by atoms with Crippen LogP contribution in [0.25, 0.3) is 0 Å². The molecule has 18 heavy (non-hydrogen) atoms. The molecule has 0 amide bonds. The molecule has 1 heterocycles. The van der Waals surface area contributed by atoms with Gasteiger partial charge in [0.25, 0.3) is 0 Å². The van der Waals surface area contributed by atoms with Crippen molar-refractivity contribution >= 4 is 11.3 Å². The summed E-state index contributed by atoms with van der Waals surface area (Å²) in [5.41, 5.74) is 1.32. The molecule has 1 N–H and O–H groups in total. The number of benzene rings is 1. The third-order valence-electron chi connectivity index (χ3n) is 2.81. The van der Waals surface area contributed by atoms with Crippen LogP contribution in [0.1, 0.15) is 22.4 Å². The van der Waals surface area contributed by atoms with E-state index in [0.29, 0.717) is 0 Å². The largest absolute Gasteiger partial charge is 0.391 e. The first-order valence-corrected chi connectivity index (χ1v) is 6.94. The topological polar surface area (TPSA) is 36.4 Å². The lowest BCUT2D eigenvalue weighted by atomic mass is 10.2. The predicted octanol–water partition coefficient (Wildman–Crippen LogP) is 2.66. The normalized spacial score (nSPS) is 11.1. The Morgan fingerprint density at radius 2 is 2.00 bits per heavy atom. The van der Waals surface area contributed by atoms with Crippen molar-refractivity contribution in [2.45, 2.75) is 26.6 Å². The minimum Gasteiger partial charge on any atom is -0.391 e. The van der Waals surface area contributed by atoms with Gasteiger partial charge in [-0.1, -0.05) is 37.3 Å². The molecule has 3 nitrogen and oxygen atoms in total. The predicted molar refractivity (Wildman–Crippen MR) is 74.3 cm³/mol. The molecule has 1 aromatic carbocycles. The van der Waals surface area contributed by atoms with Gasteiger partial charge < -0.3 is 5.11 Å². The summed E-state index contributed by atoms with van der Waals surface area (Å²) in [6.45, 7) is 5.01. The Bertz CT molecular complexity index is 470. The fourth-order valence-corrected chi connectivity index (χ4v) is 2.63. The second kappa shape index (κ2) is 6.64. The number of rotatable bonds is 6. The molecule has 0 aliphatic rings. The highest BCUT2D eigenvalue weighted by Crippen LogP contribution is 2.16. The van der Waals surface area contributed by atoms with E-state index in [1.807, 2.05) is 6.07 Å². The molecule has 0 unspecified atom stereocenters. The maximum atomic E-state index is 9.03. The van der Waals surface area contributed by atoms with Gasteiger partial charge in [0, 0.05) is 12.7 Å². The Kier molecular flexibility index (Phi) is 4.87. The summed E-state index contributed by atoms with van der Waals surface area (Å²) in [5, 5.41) is 10.1. The number of aromatic nitrogens is 1. The van der Waals surface area contributed by atoms with Crippen molar-refractivity contribution in [3.8, 4) is 0 Å². The zero-order chi connectivity index (χ0) is 12.8. The fourth-order valence-electron chi connectivity index (χ4n) is 1.81. The quantitative estimate of drug-likeness (QED) is 0.869. The third kappa shape index (κ3) is 3.63. The lowest BCUT2D eigenvalue weighted by Gasteiger charge is -2.18. The van der Waals surface area contributed by atoms with E-state index in [-0.39, 0.29) is 6.61 Å². The molecule has 0 fully saturated rings. The first-order valence-electron chi connectivity index (χ1n) is 6.12. The molecule has 0 saturated heterocycles. The summed E-state index contributed by atoms with van der Waals surface area (Å²) in [5.74, 6) is 0. The molecule has 2 rings (SSSR count). The molecular formula is C14H18N2OS. The molecule has 2 aromatic rings. The van der Waals surface area contributed by atoms with Gasteiger partial charge in [-0.25, -0.2) is 4.98 Å². The van der Waals surface area contributed by atoms with Crippen LogP contribution in [0, 0.1) is 0 Å². The fraction of sp³-hybridized carbons (Fsp3) is 0.357. The van der Waals surface area contributed by atoms with Gasteiger partial charge >= 0.3 is 0 Å². The highest BCUT2D eigenvalue weighted by molar-refractivity contribution is 7.11. The Hall–Kier alpha value is -1.23. The maximum Gasteiger partial charge on any atom is 0.107 e. The van der Waals surface area contributed by atoms with E-state index in [1.54, 1.807) is 17.5 Å². The molecule has 0 saturated carbocycles. The van der Waals surface area contributed by atoms with Crippen molar-refractivity contribution in [1.29, 1.82) is 0 Å². The standard InChI is InChI=1S/C14H18N2OS/c1-2-16(9-12-6-4-3-5-7-12)10-14-15-8-13(11-17)18-14/h3-8,17H,2,9-11H2,1H3. The number of thiazole rings is 1. The lowest BCUT2D eigenvalue weighted by molar-refractivity contribution is 0.271. The number of aliphatic hydroxyl groups is 1. The first kappa shape index (κ1) is 13.2. The molecule has 96 valence electrons. The molecule has 4 heteroatoms. The average molecular weight is 262 g/mol. The Morgan fingerprint density at radius 1 is 1.22 bits per heavy atom. The van der Waals surface area contributed by atoms with Gasteiger partial charge in [0.05, 0.1) is 18.0 Å². The van der Waals surface area contributed by atoms with Crippen LogP contribution in [0.3, 0.4) is 0 Å². The van der Waals surface area contributed by atoms with Crippen molar-refractivity contribution in [3.63, 3.8) is 0 Å². The van der Waals surface area contributed by atoms with Crippen molar-refractivity contribution in [1.82, 2.24) is 9.88 Å². The van der Waals surface area contributed by atoms with Crippen LogP contribution in [0.15, 0.2) is 36.5 Å². The van der Waals surface area contributed by atoms with E-state index in [2.05, 4.69) is 41.1 Å². The van der Waals surface area contributed by atoms with Crippen molar-refractivity contribution in [2.24, 2.45) is 0 Å². The number of hydrogen-bond donors (Lipinski definition) is 1.